The maximum absolute atomic E-state index is 7.27. The lowest BCUT2D eigenvalue weighted by molar-refractivity contribution is 0.586. The lowest BCUT2D eigenvalue weighted by Gasteiger charge is -2.34. The van der Waals surface area contributed by atoms with Gasteiger partial charge in [-0.25, -0.2) is 0 Å². The summed E-state index contributed by atoms with van der Waals surface area (Å²) in [5.74, 6) is 0. The molecule has 4 aliphatic carbocycles. The van der Waals surface area contributed by atoms with Crippen LogP contribution in [0.1, 0.15) is 97.2 Å². The maximum Gasteiger partial charge on any atom is 0.160 e. The van der Waals surface area contributed by atoms with Crippen LogP contribution in [0.15, 0.2) is 229 Å². The molecule has 16 rings (SSSR count). The predicted molar refractivity (Wildman–Crippen MR) is 316 cm³/mol. The second kappa shape index (κ2) is 15.0. The van der Waals surface area contributed by atoms with Crippen molar-refractivity contribution in [3.8, 4) is 44.5 Å². The van der Waals surface area contributed by atoms with Gasteiger partial charge in [-0.2, -0.15) is 0 Å². The van der Waals surface area contributed by atoms with Crippen molar-refractivity contribution in [2.24, 2.45) is 0 Å². The van der Waals surface area contributed by atoms with E-state index in [0.717, 1.165) is 44.4 Å². The molecule has 0 bridgehead atoms. The Morgan fingerprint density at radius 2 is 0.789 bits per heavy atom. The normalized spacial score (nSPS) is 14.7. The van der Waals surface area contributed by atoms with Crippen LogP contribution in [0.3, 0.4) is 0 Å². The standard InChI is InChI=1S/C74H55NO/c1-71(2,3)45-34-37-52-53-38-35-46(72(4,5)6)42-63(53)74(62(52)41-45)59-29-16-11-24-51(59)54-39-36-47(43-64(54)74)75(66-40-44-20-7-8-21-48(44)68-56-26-13-18-33-67(56)76-70(66)68)65-32-19-31-61-69(65)55-25-12-17-30-60(55)73(61)57-27-14-9-22-49(57)50-23-10-15-28-58(50)73/h7-43H,1-6H3. The fourth-order valence-corrected chi connectivity index (χ4v) is 14.7. The van der Waals surface area contributed by atoms with Gasteiger partial charge < -0.3 is 9.32 Å². The number of rotatable bonds is 3. The quantitative estimate of drug-likeness (QED) is 0.175. The zero-order chi connectivity index (χ0) is 51.0. The van der Waals surface area contributed by atoms with Gasteiger partial charge in [0.05, 0.1) is 22.2 Å². The minimum absolute atomic E-state index is 0.0586. The molecule has 2 nitrogen and oxygen atoms in total. The molecule has 0 radical (unpaired) electrons. The SMILES string of the molecule is CC(C)(C)c1ccc2c(c1)C1(c3ccccc3-c3ccc(N(c4cccc5c4-c4ccccc4C54c5ccccc5-c5ccccc54)c4cc5ccccc5c5c4oc4ccccc45)cc31)c1cc(C(C)(C)C)ccc1-2. The van der Waals surface area contributed by atoms with Crippen molar-refractivity contribution in [3.05, 3.63) is 280 Å². The van der Waals surface area contributed by atoms with Crippen molar-refractivity contribution in [3.63, 3.8) is 0 Å². The van der Waals surface area contributed by atoms with E-state index in [1.54, 1.807) is 0 Å². The third-order valence-electron chi connectivity index (χ3n) is 18.0. The summed E-state index contributed by atoms with van der Waals surface area (Å²) in [7, 11) is 0. The van der Waals surface area contributed by atoms with Crippen molar-refractivity contribution in [1.82, 2.24) is 0 Å². The van der Waals surface area contributed by atoms with Crippen molar-refractivity contribution < 1.29 is 4.42 Å². The van der Waals surface area contributed by atoms with Gasteiger partial charge in [0.25, 0.3) is 0 Å². The first-order valence-electron chi connectivity index (χ1n) is 27.1. The summed E-state index contributed by atoms with van der Waals surface area (Å²) in [6, 6.07) is 85.7. The Morgan fingerprint density at radius 1 is 0.342 bits per heavy atom. The van der Waals surface area contributed by atoms with Crippen LogP contribution in [0.25, 0.3) is 77.2 Å². The molecule has 0 saturated heterocycles. The zero-order valence-corrected chi connectivity index (χ0v) is 43.7. The molecular formula is C74H55NO. The average molecular weight is 974 g/mol. The summed E-state index contributed by atoms with van der Waals surface area (Å²) in [5, 5.41) is 4.59. The third-order valence-corrected chi connectivity index (χ3v) is 18.0. The summed E-state index contributed by atoms with van der Waals surface area (Å²) in [6.45, 7) is 14.1. The number of fused-ring (bicyclic) bond motifs is 25. The molecule has 12 aromatic rings. The first kappa shape index (κ1) is 43.7. The van der Waals surface area contributed by atoms with Gasteiger partial charge in [0.1, 0.15) is 5.58 Å². The van der Waals surface area contributed by atoms with E-state index in [2.05, 4.69) is 271 Å². The third kappa shape index (κ3) is 5.46. The molecule has 0 saturated carbocycles. The molecule has 4 aliphatic rings. The number of benzene rings is 11. The van der Waals surface area contributed by atoms with Crippen LogP contribution in [0.4, 0.5) is 17.1 Å². The topological polar surface area (TPSA) is 16.4 Å². The Balaban J connectivity index is 1.05. The molecule has 0 aliphatic heterocycles. The highest BCUT2D eigenvalue weighted by atomic mass is 16.3. The number of para-hydroxylation sites is 1. The summed E-state index contributed by atoms with van der Waals surface area (Å²) < 4.78 is 7.27. The van der Waals surface area contributed by atoms with Gasteiger partial charge in [-0.15, -0.1) is 0 Å². The minimum atomic E-state index is -0.592. The van der Waals surface area contributed by atoms with E-state index in [1.165, 1.54) is 106 Å². The summed E-state index contributed by atoms with van der Waals surface area (Å²) in [6.07, 6.45) is 0. The van der Waals surface area contributed by atoms with Crippen molar-refractivity contribution in [1.29, 1.82) is 0 Å². The molecule has 2 spiro atoms. The molecule has 362 valence electrons. The van der Waals surface area contributed by atoms with Gasteiger partial charge in [-0.1, -0.05) is 236 Å². The van der Waals surface area contributed by atoms with E-state index >= 15 is 0 Å². The van der Waals surface area contributed by atoms with E-state index < -0.39 is 10.8 Å². The summed E-state index contributed by atoms with van der Waals surface area (Å²) >= 11 is 0. The molecule has 2 heteroatoms. The van der Waals surface area contributed by atoms with Gasteiger partial charge in [-0.05, 0) is 147 Å². The Bertz CT molecular complexity index is 4400. The summed E-state index contributed by atoms with van der Waals surface area (Å²) in [5.41, 5.74) is 27.3. The molecule has 0 unspecified atom stereocenters. The molecule has 0 fully saturated rings. The first-order valence-corrected chi connectivity index (χ1v) is 27.1. The fourth-order valence-electron chi connectivity index (χ4n) is 14.7. The zero-order valence-electron chi connectivity index (χ0n) is 43.7. The molecule has 1 aromatic heterocycles. The Labute approximate surface area is 444 Å². The lowest BCUT2D eigenvalue weighted by Crippen LogP contribution is -2.27. The largest absolute Gasteiger partial charge is 0.454 e. The number of hydrogen-bond acceptors (Lipinski definition) is 2. The van der Waals surface area contributed by atoms with Gasteiger partial charge in [0.15, 0.2) is 5.58 Å². The molecule has 0 atom stereocenters. The molecule has 1 heterocycles. The fraction of sp³-hybridized carbons (Fsp3) is 0.135. The Kier molecular flexibility index (Phi) is 8.61. The lowest BCUT2D eigenvalue weighted by atomic mass is 9.68. The second-order valence-electron chi connectivity index (χ2n) is 23.9. The van der Waals surface area contributed by atoms with E-state index in [0.29, 0.717) is 0 Å². The van der Waals surface area contributed by atoms with E-state index in [4.69, 9.17) is 4.42 Å². The Morgan fingerprint density at radius 3 is 1.38 bits per heavy atom. The van der Waals surface area contributed by atoms with Gasteiger partial charge in [0, 0.05) is 22.0 Å². The van der Waals surface area contributed by atoms with Crippen molar-refractivity contribution in [2.45, 2.75) is 63.2 Å². The smallest absolute Gasteiger partial charge is 0.160 e. The number of anilines is 3. The molecular weight excluding hydrogens is 919 g/mol. The second-order valence-corrected chi connectivity index (χ2v) is 23.9. The minimum Gasteiger partial charge on any atom is -0.454 e. The highest BCUT2D eigenvalue weighted by molar-refractivity contribution is 6.23. The van der Waals surface area contributed by atoms with E-state index in [1.807, 2.05) is 0 Å². The van der Waals surface area contributed by atoms with Crippen LogP contribution >= 0.6 is 0 Å². The molecule has 0 amide bonds. The molecule has 76 heavy (non-hydrogen) atoms. The summed E-state index contributed by atoms with van der Waals surface area (Å²) in [4.78, 5) is 2.57. The van der Waals surface area contributed by atoms with Gasteiger partial charge >= 0.3 is 0 Å². The number of furan rings is 1. The van der Waals surface area contributed by atoms with Crippen LogP contribution in [-0.4, -0.2) is 0 Å². The predicted octanol–water partition coefficient (Wildman–Crippen LogP) is 19.5. The Hall–Kier alpha value is -8.72. The van der Waals surface area contributed by atoms with Crippen LogP contribution in [0.5, 0.6) is 0 Å². The van der Waals surface area contributed by atoms with Crippen molar-refractivity contribution >= 4 is 49.8 Å². The van der Waals surface area contributed by atoms with Crippen LogP contribution in [-0.2, 0) is 21.7 Å². The van der Waals surface area contributed by atoms with E-state index in [-0.39, 0.29) is 10.8 Å². The van der Waals surface area contributed by atoms with Crippen LogP contribution < -0.4 is 4.90 Å². The van der Waals surface area contributed by atoms with Crippen LogP contribution in [0.2, 0.25) is 0 Å². The average Bonchev–Trinajstić information content (AvgIpc) is 4.18. The van der Waals surface area contributed by atoms with Crippen LogP contribution in [0, 0.1) is 0 Å². The molecule has 0 N–H and O–H groups in total. The molecule has 11 aromatic carbocycles. The monoisotopic (exact) mass is 973 g/mol. The number of nitrogens with zero attached hydrogens (tertiary/aromatic N) is 1. The van der Waals surface area contributed by atoms with Gasteiger partial charge in [-0.3, -0.25) is 0 Å². The highest BCUT2D eigenvalue weighted by Crippen LogP contribution is 2.67. The number of hydrogen-bond donors (Lipinski definition) is 0. The highest BCUT2D eigenvalue weighted by Gasteiger charge is 2.54. The van der Waals surface area contributed by atoms with E-state index in [9.17, 15) is 0 Å². The maximum atomic E-state index is 7.27. The van der Waals surface area contributed by atoms with Crippen molar-refractivity contribution in [2.75, 3.05) is 4.90 Å². The van der Waals surface area contributed by atoms with Gasteiger partial charge in [0.2, 0.25) is 0 Å². The first-order chi connectivity index (χ1) is 37.0.